The molecule has 1 heterocycles. The highest BCUT2D eigenvalue weighted by molar-refractivity contribution is 5.85. The number of nitrogens with one attached hydrogen (secondary N) is 2. The summed E-state index contributed by atoms with van der Waals surface area (Å²) in [6.07, 6.45) is 8.46. The molecule has 132 valence electrons. The van der Waals surface area contributed by atoms with Crippen molar-refractivity contribution in [1.29, 1.82) is 0 Å². The van der Waals surface area contributed by atoms with Crippen molar-refractivity contribution in [2.45, 2.75) is 57.9 Å². The molecule has 4 rings (SSSR count). The van der Waals surface area contributed by atoms with E-state index in [0.717, 1.165) is 32.4 Å². The highest BCUT2D eigenvalue weighted by atomic mass is 35.5. The van der Waals surface area contributed by atoms with Crippen LogP contribution in [0.5, 0.6) is 0 Å². The first-order chi connectivity index (χ1) is 11.2. The average Bonchev–Trinajstić information content (AvgIpc) is 3.28. The summed E-state index contributed by atoms with van der Waals surface area (Å²) in [6, 6.07) is 6.93. The van der Waals surface area contributed by atoms with Gasteiger partial charge in [0, 0.05) is 5.92 Å². The van der Waals surface area contributed by atoms with Crippen LogP contribution in [0.3, 0.4) is 0 Å². The molecule has 2 fully saturated rings. The van der Waals surface area contributed by atoms with E-state index in [1.807, 2.05) is 0 Å². The van der Waals surface area contributed by atoms with E-state index in [4.69, 9.17) is 0 Å². The Morgan fingerprint density at radius 1 is 1.21 bits per heavy atom. The Bertz CT molecular complexity index is 610. The summed E-state index contributed by atoms with van der Waals surface area (Å²) in [5, 5.41) is 6.68. The van der Waals surface area contributed by atoms with Crippen molar-refractivity contribution in [3.63, 3.8) is 0 Å². The Morgan fingerprint density at radius 2 is 1.92 bits per heavy atom. The third-order valence-electron chi connectivity index (χ3n) is 6.34. The first kappa shape index (κ1) is 17.8. The molecule has 0 bridgehead atoms. The van der Waals surface area contributed by atoms with Gasteiger partial charge in [-0.15, -0.1) is 12.4 Å². The Labute approximate surface area is 151 Å². The van der Waals surface area contributed by atoms with E-state index in [9.17, 15) is 4.79 Å². The molecule has 1 aliphatic heterocycles. The van der Waals surface area contributed by atoms with Gasteiger partial charge < -0.3 is 10.6 Å². The molecule has 1 saturated heterocycles. The molecule has 2 aliphatic carbocycles. The first-order valence-corrected chi connectivity index (χ1v) is 9.31. The van der Waals surface area contributed by atoms with E-state index in [2.05, 4.69) is 35.8 Å². The zero-order chi connectivity index (χ0) is 15.9. The number of carbonyl (C=O) groups is 1. The van der Waals surface area contributed by atoms with Gasteiger partial charge in [-0.2, -0.15) is 0 Å². The van der Waals surface area contributed by atoms with E-state index in [1.54, 1.807) is 0 Å². The highest BCUT2D eigenvalue weighted by Gasteiger charge is 2.57. The lowest BCUT2D eigenvalue weighted by molar-refractivity contribution is -0.123. The maximum atomic E-state index is 12.6. The SMILES string of the molecule is CC(NC(=O)C1CC12CCNCC2)c1ccc2c(c1)CCCC2.Cl. The molecule has 2 unspecified atom stereocenters. The van der Waals surface area contributed by atoms with Crippen LogP contribution in [-0.4, -0.2) is 19.0 Å². The van der Waals surface area contributed by atoms with Gasteiger partial charge in [-0.05, 0) is 87.1 Å². The number of aryl methyl sites for hydroxylation is 2. The van der Waals surface area contributed by atoms with Crippen LogP contribution in [0.25, 0.3) is 0 Å². The van der Waals surface area contributed by atoms with Crippen LogP contribution in [0.1, 0.15) is 61.8 Å². The minimum atomic E-state index is 0. The van der Waals surface area contributed by atoms with E-state index in [-0.39, 0.29) is 30.3 Å². The van der Waals surface area contributed by atoms with Gasteiger partial charge in [0.25, 0.3) is 0 Å². The monoisotopic (exact) mass is 348 g/mol. The van der Waals surface area contributed by atoms with Crippen molar-refractivity contribution >= 4 is 18.3 Å². The maximum Gasteiger partial charge on any atom is 0.224 e. The van der Waals surface area contributed by atoms with E-state index in [1.165, 1.54) is 42.4 Å². The van der Waals surface area contributed by atoms with Gasteiger partial charge in [0.1, 0.15) is 0 Å². The van der Waals surface area contributed by atoms with Gasteiger partial charge in [0.05, 0.1) is 6.04 Å². The maximum absolute atomic E-state index is 12.6. The molecular formula is C20H29ClN2O. The topological polar surface area (TPSA) is 41.1 Å². The van der Waals surface area contributed by atoms with E-state index < -0.39 is 0 Å². The second-order valence-electron chi connectivity index (χ2n) is 7.83. The highest BCUT2D eigenvalue weighted by Crippen LogP contribution is 2.58. The van der Waals surface area contributed by atoms with Crippen molar-refractivity contribution in [3.8, 4) is 0 Å². The Kier molecular flexibility index (Phi) is 5.22. The lowest BCUT2D eigenvalue weighted by Gasteiger charge is -2.24. The molecule has 3 aliphatic rings. The molecule has 1 aromatic rings. The minimum absolute atomic E-state index is 0. The van der Waals surface area contributed by atoms with Gasteiger partial charge in [-0.1, -0.05) is 18.2 Å². The van der Waals surface area contributed by atoms with Gasteiger partial charge in [0.2, 0.25) is 5.91 Å². The van der Waals surface area contributed by atoms with Crippen molar-refractivity contribution < 1.29 is 4.79 Å². The van der Waals surface area contributed by atoms with Gasteiger partial charge in [-0.25, -0.2) is 0 Å². The summed E-state index contributed by atoms with van der Waals surface area (Å²) < 4.78 is 0. The van der Waals surface area contributed by atoms with Crippen molar-refractivity contribution in [2.75, 3.05) is 13.1 Å². The second kappa shape index (κ2) is 7.05. The quantitative estimate of drug-likeness (QED) is 0.877. The lowest BCUT2D eigenvalue weighted by Crippen LogP contribution is -2.34. The molecule has 1 aromatic carbocycles. The first-order valence-electron chi connectivity index (χ1n) is 9.31. The second-order valence-corrected chi connectivity index (χ2v) is 7.83. The van der Waals surface area contributed by atoms with Crippen LogP contribution in [0.15, 0.2) is 18.2 Å². The number of benzene rings is 1. The lowest BCUT2D eigenvalue weighted by atomic mass is 9.89. The molecule has 2 N–H and O–H groups in total. The molecule has 3 nitrogen and oxygen atoms in total. The molecule has 1 saturated carbocycles. The summed E-state index contributed by atoms with van der Waals surface area (Å²) in [7, 11) is 0. The third-order valence-corrected chi connectivity index (χ3v) is 6.34. The summed E-state index contributed by atoms with van der Waals surface area (Å²) in [6.45, 7) is 4.27. The predicted octanol–water partition coefficient (Wildman–Crippen LogP) is 3.55. The molecule has 1 spiro atoms. The van der Waals surface area contributed by atoms with Crippen LogP contribution >= 0.6 is 12.4 Å². The number of piperidine rings is 1. The molecule has 2 atom stereocenters. The van der Waals surface area contributed by atoms with Crippen LogP contribution in [0, 0.1) is 11.3 Å². The number of rotatable bonds is 3. The standard InChI is InChI=1S/C20H28N2O.ClH/c1-14(16-7-6-15-4-2-3-5-17(15)12-16)22-19(23)18-13-20(18)8-10-21-11-9-20;/h6-7,12,14,18,21H,2-5,8-11,13H2,1H3,(H,22,23);1H. The summed E-state index contributed by atoms with van der Waals surface area (Å²) in [5.74, 6) is 0.529. The molecular weight excluding hydrogens is 320 g/mol. The van der Waals surface area contributed by atoms with Gasteiger partial charge in [0.15, 0.2) is 0 Å². The molecule has 0 aromatic heterocycles. The predicted molar refractivity (Wildman–Crippen MR) is 99.5 cm³/mol. The zero-order valence-corrected chi connectivity index (χ0v) is 15.4. The zero-order valence-electron chi connectivity index (χ0n) is 14.6. The normalized spacial score (nSPS) is 25.3. The van der Waals surface area contributed by atoms with Gasteiger partial charge >= 0.3 is 0 Å². The summed E-state index contributed by atoms with van der Waals surface area (Å²) in [4.78, 5) is 12.6. The minimum Gasteiger partial charge on any atom is -0.349 e. The molecule has 1 amide bonds. The number of halogens is 1. The molecule has 24 heavy (non-hydrogen) atoms. The summed E-state index contributed by atoms with van der Waals surface area (Å²) >= 11 is 0. The fourth-order valence-corrected chi connectivity index (χ4v) is 4.62. The molecule has 4 heteroatoms. The Hall–Kier alpha value is -1.06. The largest absolute Gasteiger partial charge is 0.349 e. The van der Waals surface area contributed by atoms with E-state index >= 15 is 0 Å². The number of amides is 1. The van der Waals surface area contributed by atoms with Crippen LogP contribution in [0.4, 0.5) is 0 Å². The smallest absolute Gasteiger partial charge is 0.224 e. The van der Waals surface area contributed by atoms with Crippen molar-refractivity contribution in [1.82, 2.24) is 10.6 Å². The van der Waals surface area contributed by atoms with Crippen molar-refractivity contribution in [2.24, 2.45) is 11.3 Å². The van der Waals surface area contributed by atoms with E-state index in [0.29, 0.717) is 5.41 Å². The van der Waals surface area contributed by atoms with Gasteiger partial charge in [-0.3, -0.25) is 4.79 Å². The van der Waals surface area contributed by atoms with Crippen LogP contribution < -0.4 is 10.6 Å². The Balaban J connectivity index is 0.00000169. The Morgan fingerprint density at radius 3 is 2.67 bits per heavy atom. The van der Waals surface area contributed by atoms with Crippen molar-refractivity contribution in [3.05, 3.63) is 34.9 Å². The fraction of sp³-hybridized carbons (Fsp3) is 0.650. The molecule has 0 radical (unpaired) electrons. The fourth-order valence-electron chi connectivity index (χ4n) is 4.62. The third kappa shape index (κ3) is 3.34. The number of hydrogen-bond acceptors (Lipinski definition) is 2. The van der Waals surface area contributed by atoms with Crippen LogP contribution in [0.2, 0.25) is 0 Å². The average molecular weight is 349 g/mol. The number of fused-ring (bicyclic) bond motifs is 1. The summed E-state index contributed by atoms with van der Waals surface area (Å²) in [5.41, 5.74) is 4.59. The number of hydrogen-bond donors (Lipinski definition) is 2. The van der Waals surface area contributed by atoms with Crippen LogP contribution in [-0.2, 0) is 17.6 Å². The number of carbonyl (C=O) groups excluding carboxylic acids is 1.